The van der Waals surface area contributed by atoms with Crippen LogP contribution in [0.5, 0.6) is 0 Å². The van der Waals surface area contributed by atoms with Crippen LogP contribution in [0.4, 0.5) is 5.82 Å². The third kappa shape index (κ3) is 2.87. The summed E-state index contributed by atoms with van der Waals surface area (Å²) in [6.45, 7) is 5.91. The Bertz CT molecular complexity index is 798. The van der Waals surface area contributed by atoms with Crippen molar-refractivity contribution in [2.45, 2.75) is 45.8 Å². The van der Waals surface area contributed by atoms with Crippen LogP contribution in [0.15, 0.2) is 12.4 Å². The van der Waals surface area contributed by atoms with Crippen molar-refractivity contribution in [3.8, 4) is 6.07 Å². The molecule has 126 valence electrons. The van der Waals surface area contributed by atoms with E-state index in [9.17, 15) is 10.4 Å². The van der Waals surface area contributed by atoms with Crippen LogP contribution in [-0.4, -0.2) is 26.0 Å². The normalized spacial score (nSPS) is 21.0. The van der Waals surface area contributed by atoms with E-state index in [2.05, 4.69) is 21.5 Å². The lowest BCUT2D eigenvalue weighted by atomic mass is 9.75. The Morgan fingerprint density at radius 3 is 2.58 bits per heavy atom. The molecular weight excluding hydrogens is 302 g/mol. The minimum atomic E-state index is -0.235. The highest BCUT2D eigenvalue weighted by atomic mass is 16.3. The third-order valence-corrected chi connectivity index (χ3v) is 5.11. The first kappa shape index (κ1) is 16.5. The zero-order valence-corrected chi connectivity index (χ0v) is 14.5. The number of nitrogens with zero attached hydrogens (tertiary/aromatic N) is 4. The molecule has 2 aromatic heterocycles. The fourth-order valence-electron chi connectivity index (χ4n) is 3.31. The van der Waals surface area contributed by atoms with Gasteiger partial charge in [-0.2, -0.15) is 10.4 Å². The Labute approximate surface area is 142 Å². The highest BCUT2D eigenvalue weighted by Crippen LogP contribution is 2.40. The summed E-state index contributed by atoms with van der Waals surface area (Å²) in [7, 11) is 1.88. The molecule has 2 N–H and O–H groups in total. The summed E-state index contributed by atoms with van der Waals surface area (Å²) >= 11 is 0. The topological polar surface area (TPSA) is 86.8 Å². The van der Waals surface area contributed by atoms with Crippen molar-refractivity contribution in [2.24, 2.45) is 13.0 Å². The molecule has 0 bridgehead atoms. The summed E-state index contributed by atoms with van der Waals surface area (Å²) < 4.78 is 1.77. The first-order valence-corrected chi connectivity index (χ1v) is 8.21. The Kier molecular flexibility index (Phi) is 4.29. The Morgan fingerprint density at radius 1 is 1.33 bits per heavy atom. The Balaban J connectivity index is 1.98. The molecule has 1 aliphatic carbocycles. The fourth-order valence-corrected chi connectivity index (χ4v) is 3.31. The first-order chi connectivity index (χ1) is 11.4. The van der Waals surface area contributed by atoms with E-state index in [4.69, 9.17) is 0 Å². The van der Waals surface area contributed by atoms with Gasteiger partial charge in [-0.3, -0.25) is 4.68 Å². The van der Waals surface area contributed by atoms with E-state index in [1.54, 1.807) is 4.68 Å². The maximum atomic E-state index is 9.69. The SMILES string of the molecule is Cc1nc(NC(c2cnn(C)c2)C2CC(O)C2)c(C#N)c(C)c1C. The largest absolute Gasteiger partial charge is 0.393 e. The molecule has 1 fully saturated rings. The highest BCUT2D eigenvalue weighted by Gasteiger charge is 2.36. The maximum absolute atomic E-state index is 9.69. The second kappa shape index (κ2) is 6.25. The lowest BCUT2D eigenvalue weighted by molar-refractivity contribution is 0.0339. The maximum Gasteiger partial charge on any atom is 0.144 e. The van der Waals surface area contributed by atoms with Gasteiger partial charge in [-0.1, -0.05) is 0 Å². The van der Waals surface area contributed by atoms with E-state index in [1.807, 2.05) is 40.2 Å². The number of anilines is 1. The molecule has 1 atom stereocenters. The molecule has 0 aliphatic heterocycles. The summed E-state index contributed by atoms with van der Waals surface area (Å²) in [5.41, 5.74) is 4.58. The zero-order chi connectivity index (χ0) is 17.4. The predicted octanol–water partition coefficient (Wildman–Crippen LogP) is 2.54. The van der Waals surface area contributed by atoms with E-state index >= 15 is 0 Å². The molecule has 3 rings (SSSR count). The monoisotopic (exact) mass is 325 g/mol. The van der Waals surface area contributed by atoms with E-state index < -0.39 is 0 Å². The molecule has 0 radical (unpaired) electrons. The molecule has 0 spiro atoms. The van der Waals surface area contributed by atoms with Crippen LogP contribution >= 0.6 is 0 Å². The molecular formula is C18H23N5O. The number of rotatable bonds is 4. The van der Waals surface area contributed by atoms with Crippen LogP contribution in [0.3, 0.4) is 0 Å². The minimum absolute atomic E-state index is 0.0109. The smallest absolute Gasteiger partial charge is 0.144 e. The summed E-state index contributed by atoms with van der Waals surface area (Å²) in [6.07, 6.45) is 5.07. The van der Waals surface area contributed by atoms with E-state index in [-0.39, 0.29) is 12.1 Å². The van der Waals surface area contributed by atoms with Crippen molar-refractivity contribution >= 4 is 5.82 Å². The molecule has 24 heavy (non-hydrogen) atoms. The molecule has 0 amide bonds. The Hall–Kier alpha value is -2.39. The molecule has 0 aromatic carbocycles. The molecule has 6 heteroatoms. The predicted molar refractivity (Wildman–Crippen MR) is 91.5 cm³/mol. The number of aliphatic hydroxyl groups is 1. The van der Waals surface area contributed by atoms with Gasteiger partial charge in [0.25, 0.3) is 0 Å². The number of aryl methyl sites for hydroxylation is 2. The van der Waals surface area contributed by atoms with E-state index in [0.717, 1.165) is 35.2 Å². The summed E-state index contributed by atoms with van der Waals surface area (Å²) in [5, 5.41) is 27.0. The van der Waals surface area contributed by atoms with Crippen LogP contribution in [-0.2, 0) is 7.05 Å². The van der Waals surface area contributed by atoms with Crippen molar-refractivity contribution in [3.05, 3.63) is 40.3 Å². The van der Waals surface area contributed by atoms with Gasteiger partial charge >= 0.3 is 0 Å². The molecule has 1 aliphatic rings. The number of nitrogens with one attached hydrogen (secondary N) is 1. The number of hydrogen-bond acceptors (Lipinski definition) is 5. The van der Waals surface area contributed by atoms with Gasteiger partial charge in [0.1, 0.15) is 11.9 Å². The van der Waals surface area contributed by atoms with Crippen molar-refractivity contribution in [1.29, 1.82) is 5.26 Å². The highest BCUT2D eigenvalue weighted by molar-refractivity contribution is 5.59. The van der Waals surface area contributed by atoms with Crippen LogP contribution in [0, 0.1) is 38.0 Å². The second-order valence-corrected chi connectivity index (χ2v) is 6.74. The molecule has 1 unspecified atom stereocenters. The van der Waals surface area contributed by atoms with Gasteiger partial charge in [-0.25, -0.2) is 4.98 Å². The molecule has 6 nitrogen and oxygen atoms in total. The average molecular weight is 325 g/mol. The van der Waals surface area contributed by atoms with Crippen LogP contribution in [0.25, 0.3) is 0 Å². The van der Waals surface area contributed by atoms with Gasteiger partial charge in [-0.15, -0.1) is 0 Å². The van der Waals surface area contributed by atoms with Gasteiger partial charge in [0.2, 0.25) is 0 Å². The summed E-state index contributed by atoms with van der Waals surface area (Å²) in [4.78, 5) is 4.61. The number of aromatic nitrogens is 3. The van der Waals surface area contributed by atoms with Gasteiger partial charge in [0.15, 0.2) is 0 Å². The molecule has 1 saturated carbocycles. The number of pyridine rings is 1. The lowest BCUT2D eigenvalue weighted by Gasteiger charge is -2.38. The third-order valence-electron chi connectivity index (χ3n) is 5.11. The van der Waals surface area contributed by atoms with Crippen molar-refractivity contribution in [2.75, 3.05) is 5.32 Å². The van der Waals surface area contributed by atoms with E-state index in [0.29, 0.717) is 17.3 Å². The first-order valence-electron chi connectivity index (χ1n) is 8.21. The van der Waals surface area contributed by atoms with Gasteiger partial charge in [0, 0.05) is 24.5 Å². The van der Waals surface area contributed by atoms with E-state index in [1.165, 1.54) is 0 Å². The number of hydrogen-bond donors (Lipinski definition) is 2. The van der Waals surface area contributed by atoms with Gasteiger partial charge in [0.05, 0.1) is 23.9 Å². The van der Waals surface area contributed by atoms with Crippen molar-refractivity contribution in [3.63, 3.8) is 0 Å². The lowest BCUT2D eigenvalue weighted by Crippen LogP contribution is -2.36. The summed E-state index contributed by atoms with van der Waals surface area (Å²) in [6, 6.07) is 2.27. The zero-order valence-electron chi connectivity index (χ0n) is 14.5. The standard InChI is InChI=1S/C18H23N5O/c1-10-11(2)16(7-19)18(21-12(10)3)22-17(13-5-15(24)6-13)14-8-20-23(4)9-14/h8-9,13,15,17,24H,5-6H2,1-4H3,(H,21,22). The molecule has 0 saturated heterocycles. The minimum Gasteiger partial charge on any atom is -0.393 e. The molecule has 2 aromatic rings. The van der Waals surface area contributed by atoms with Crippen molar-refractivity contribution in [1.82, 2.24) is 14.8 Å². The number of nitriles is 1. The summed E-state index contributed by atoms with van der Waals surface area (Å²) in [5.74, 6) is 0.924. The quantitative estimate of drug-likeness (QED) is 0.902. The second-order valence-electron chi connectivity index (χ2n) is 6.74. The van der Waals surface area contributed by atoms with Gasteiger partial charge < -0.3 is 10.4 Å². The molecule has 2 heterocycles. The average Bonchev–Trinajstić information content (AvgIpc) is 2.94. The Morgan fingerprint density at radius 2 is 2.04 bits per heavy atom. The van der Waals surface area contributed by atoms with Gasteiger partial charge in [-0.05, 0) is 50.7 Å². The van der Waals surface area contributed by atoms with Crippen molar-refractivity contribution < 1.29 is 5.11 Å². The van der Waals surface area contributed by atoms with Crippen LogP contribution in [0.2, 0.25) is 0 Å². The van der Waals surface area contributed by atoms with Crippen LogP contribution in [0.1, 0.15) is 46.8 Å². The van der Waals surface area contributed by atoms with Crippen LogP contribution < -0.4 is 5.32 Å². The fraction of sp³-hybridized carbons (Fsp3) is 0.500. The number of aliphatic hydroxyl groups excluding tert-OH is 1.